The number of carboxylic acids is 1. The summed E-state index contributed by atoms with van der Waals surface area (Å²) in [7, 11) is 0. The largest absolute Gasteiger partial charge is 0.481 e. The fourth-order valence-corrected chi connectivity index (χ4v) is 2.72. The van der Waals surface area contributed by atoms with E-state index < -0.39 is 17.8 Å². The molecule has 0 saturated heterocycles. The number of hydrogen-bond donors (Lipinski definition) is 3. The Kier molecular flexibility index (Phi) is 4.19. The number of aromatic nitrogens is 2. The molecule has 0 aliphatic heterocycles. The third kappa shape index (κ3) is 3.33. The average molecular weight is 265 g/mol. The van der Waals surface area contributed by atoms with Gasteiger partial charge < -0.3 is 15.4 Å². The number of H-pyrrole nitrogens is 1. The van der Waals surface area contributed by atoms with Crippen molar-refractivity contribution in [3.05, 3.63) is 18.2 Å². The maximum absolute atomic E-state index is 12.0. The Bertz CT molecular complexity index is 444. The van der Waals surface area contributed by atoms with Crippen LogP contribution in [0.1, 0.15) is 25.6 Å². The van der Waals surface area contributed by atoms with Gasteiger partial charge in [0, 0.05) is 25.4 Å². The number of imidazole rings is 1. The molecule has 2 rings (SSSR count). The maximum Gasteiger partial charge on any atom is 0.307 e. The fraction of sp³-hybridized carbons (Fsp3) is 0.615. The van der Waals surface area contributed by atoms with E-state index in [4.69, 9.17) is 5.11 Å². The van der Waals surface area contributed by atoms with Crippen LogP contribution in [0.25, 0.3) is 0 Å². The van der Waals surface area contributed by atoms with Gasteiger partial charge in [0.25, 0.3) is 0 Å². The maximum atomic E-state index is 12.0. The molecule has 1 aliphatic carbocycles. The summed E-state index contributed by atoms with van der Waals surface area (Å²) < 4.78 is 0. The van der Waals surface area contributed by atoms with Crippen molar-refractivity contribution >= 4 is 11.9 Å². The highest BCUT2D eigenvalue weighted by atomic mass is 16.4. The summed E-state index contributed by atoms with van der Waals surface area (Å²) in [5, 5.41) is 11.9. The molecule has 104 valence electrons. The topological polar surface area (TPSA) is 95.1 Å². The number of hydrogen-bond acceptors (Lipinski definition) is 3. The molecule has 0 aromatic carbocycles. The van der Waals surface area contributed by atoms with Crippen LogP contribution >= 0.6 is 0 Å². The van der Waals surface area contributed by atoms with Crippen molar-refractivity contribution in [2.45, 2.75) is 26.2 Å². The molecule has 3 N–H and O–H groups in total. The van der Waals surface area contributed by atoms with Crippen molar-refractivity contribution in [2.24, 2.45) is 17.8 Å². The van der Waals surface area contributed by atoms with Gasteiger partial charge in [-0.05, 0) is 18.8 Å². The van der Waals surface area contributed by atoms with Gasteiger partial charge in [-0.1, -0.05) is 6.92 Å². The van der Waals surface area contributed by atoms with Crippen molar-refractivity contribution in [2.75, 3.05) is 6.54 Å². The quantitative estimate of drug-likeness (QED) is 0.734. The van der Waals surface area contributed by atoms with E-state index in [2.05, 4.69) is 15.3 Å². The molecule has 1 saturated carbocycles. The van der Waals surface area contributed by atoms with E-state index in [0.717, 1.165) is 5.82 Å². The number of nitrogens with one attached hydrogen (secondary N) is 2. The second-order valence-electron chi connectivity index (χ2n) is 5.20. The Morgan fingerprint density at radius 3 is 2.84 bits per heavy atom. The summed E-state index contributed by atoms with van der Waals surface area (Å²) in [6.45, 7) is 2.47. The minimum Gasteiger partial charge on any atom is -0.481 e. The molecule has 19 heavy (non-hydrogen) atoms. The smallest absolute Gasteiger partial charge is 0.307 e. The zero-order chi connectivity index (χ0) is 13.8. The zero-order valence-corrected chi connectivity index (χ0v) is 10.9. The third-order valence-corrected chi connectivity index (χ3v) is 3.67. The molecule has 0 bridgehead atoms. The summed E-state index contributed by atoms with van der Waals surface area (Å²) in [5.41, 5.74) is 0. The van der Waals surface area contributed by atoms with Crippen LogP contribution in [-0.4, -0.2) is 33.5 Å². The molecule has 1 aromatic heterocycles. The van der Waals surface area contributed by atoms with Crippen molar-refractivity contribution in [1.29, 1.82) is 0 Å². The predicted molar refractivity (Wildman–Crippen MR) is 68.3 cm³/mol. The van der Waals surface area contributed by atoms with Gasteiger partial charge in [-0.3, -0.25) is 9.59 Å². The van der Waals surface area contributed by atoms with Crippen LogP contribution < -0.4 is 5.32 Å². The second kappa shape index (κ2) is 5.86. The Morgan fingerprint density at radius 1 is 1.47 bits per heavy atom. The summed E-state index contributed by atoms with van der Waals surface area (Å²) in [4.78, 5) is 30.2. The highest BCUT2D eigenvalue weighted by Crippen LogP contribution is 2.36. The van der Waals surface area contributed by atoms with Gasteiger partial charge in [0.05, 0.1) is 11.8 Å². The first-order valence-electron chi connectivity index (χ1n) is 6.56. The minimum absolute atomic E-state index is 0.150. The molecule has 0 radical (unpaired) electrons. The summed E-state index contributed by atoms with van der Waals surface area (Å²) >= 11 is 0. The van der Waals surface area contributed by atoms with Gasteiger partial charge in [0.1, 0.15) is 5.82 Å². The molecule has 1 unspecified atom stereocenters. The Hall–Kier alpha value is -1.85. The molecular formula is C13H19N3O3. The van der Waals surface area contributed by atoms with E-state index in [9.17, 15) is 9.59 Å². The fourth-order valence-electron chi connectivity index (χ4n) is 2.72. The van der Waals surface area contributed by atoms with Crippen molar-refractivity contribution in [3.8, 4) is 0 Å². The lowest BCUT2D eigenvalue weighted by molar-refractivity contribution is -0.146. The van der Waals surface area contributed by atoms with Crippen LogP contribution in [0.5, 0.6) is 0 Å². The van der Waals surface area contributed by atoms with Crippen LogP contribution in [0, 0.1) is 17.8 Å². The molecule has 3 atom stereocenters. The van der Waals surface area contributed by atoms with E-state index in [-0.39, 0.29) is 5.91 Å². The van der Waals surface area contributed by atoms with Crippen LogP contribution in [0.15, 0.2) is 12.4 Å². The van der Waals surface area contributed by atoms with Gasteiger partial charge in [-0.25, -0.2) is 4.98 Å². The van der Waals surface area contributed by atoms with E-state index >= 15 is 0 Å². The summed E-state index contributed by atoms with van der Waals surface area (Å²) in [5.74, 6) is -0.849. The number of aromatic amines is 1. The zero-order valence-electron chi connectivity index (χ0n) is 10.9. The Labute approximate surface area is 111 Å². The van der Waals surface area contributed by atoms with E-state index in [1.165, 1.54) is 0 Å². The lowest BCUT2D eigenvalue weighted by atomic mass is 9.95. The molecular weight excluding hydrogens is 246 g/mol. The number of carboxylic acid groups (broad SMARTS) is 1. The van der Waals surface area contributed by atoms with Crippen LogP contribution in [0.4, 0.5) is 0 Å². The van der Waals surface area contributed by atoms with Crippen molar-refractivity contribution < 1.29 is 14.7 Å². The second-order valence-corrected chi connectivity index (χ2v) is 5.20. The highest BCUT2D eigenvalue weighted by molar-refractivity contribution is 5.85. The molecule has 6 nitrogen and oxygen atoms in total. The molecule has 1 fully saturated rings. The van der Waals surface area contributed by atoms with Gasteiger partial charge in [-0.15, -0.1) is 0 Å². The molecule has 6 heteroatoms. The highest BCUT2D eigenvalue weighted by Gasteiger charge is 2.40. The standard InChI is InChI=1S/C13H19N3O3/c1-8-6-9(10(7-8)13(18)19)12(17)16-3-2-11-14-4-5-15-11/h4-5,8-10H,2-3,6-7H2,1H3,(H,14,15)(H,16,17)(H,18,19)/t8?,9-,10+/m0/s1. The molecule has 1 aliphatic rings. The van der Waals surface area contributed by atoms with Gasteiger partial charge in [-0.2, -0.15) is 0 Å². The first-order valence-corrected chi connectivity index (χ1v) is 6.56. The van der Waals surface area contributed by atoms with Crippen LogP contribution in [-0.2, 0) is 16.0 Å². The van der Waals surface area contributed by atoms with E-state index in [1.54, 1.807) is 12.4 Å². The van der Waals surface area contributed by atoms with Crippen LogP contribution in [0.3, 0.4) is 0 Å². The number of nitrogens with zero attached hydrogens (tertiary/aromatic N) is 1. The summed E-state index contributed by atoms with van der Waals surface area (Å²) in [6.07, 6.45) is 5.26. The van der Waals surface area contributed by atoms with Gasteiger partial charge >= 0.3 is 5.97 Å². The lowest BCUT2D eigenvalue weighted by Crippen LogP contribution is -2.36. The number of amides is 1. The molecule has 0 spiro atoms. The first kappa shape index (κ1) is 13.6. The molecule has 1 amide bonds. The van der Waals surface area contributed by atoms with E-state index in [1.807, 2.05) is 6.92 Å². The molecule has 1 aromatic rings. The number of rotatable bonds is 5. The SMILES string of the molecule is CC1C[C@H](C(=O)NCCc2ncc[nH]2)[C@H](C(=O)O)C1. The third-order valence-electron chi connectivity index (χ3n) is 3.67. The molecule has 1 heterocycles. The number of aliphatic carboxylic acids is 1. The number of carbonyl (C=O) groups is 2. The van der Waals surface area contributed by atoms with Crippen molar-refractivity contribution in [3.63, 3.8) is 0 Å². The van der Waals surface area contributed by atoms with Crippen LogP contribution in [0.2, 0.25) is 0 Å². The minimum atomic E-state index is -0.865. The monoisotopic (exact) mass is 265 g/mol. The summed E-state index contributed by atoms with van der Waals surface area (Å²) in [6, 6.07) is 0. The van der Waals surface area contributed by atoms with E-state index in [0.29, 0.717) is 31.7 Å². The van der Waals surface area contributed by atoms with Crippen molar-refractivity contribution in [1.82, 2.24) is 15.3 Å². The lowest BCUT2D eigenvalue weighted by Gasteiger charge is -2.15. The number of carbonyl (C=O) groups excluding carboxylic acids is 1. The van der Waals surface area contributed by atoms with Gasteiger partial charge in [0.15, 0.2) is 0 Å². The Balaban J connectivity index is 1.83. The normalized spacial score (nSPS) is 26.3. The van der Waals surface area contributed by atoms with Gasteiger partial charge in [0.2, 0.25) is 5.91 Å². The predicted octanol–water partition coefficient (Wildman–Crippen LogP) is 0.815. The first-order chi connectivity index (χ1) is 9.08. The average Bonchev–Trinajstić information content (AvgIpc) is 2.98. The Morgan fingerprint density at radius 2 is 2.21 bits per heavy atom.